The van der Waals surface area contributed by atoms with Crippen molar-refractivity contribution < 1.29 is 24.2 Å². The van der Waals surface area contributed by atoms with Crippen molar-refractivity contribution >= 4 is 29.5 Å². The van der Waals surface area contributed by atoms with E-state index in [9.17, 15) is 19.5 Å². The molecular weight excluding hydrogens is 476 g/mol. The molecule has 1 N–H and O–H groups in total. The number of ether oxygens (including phenoxy) is 1. The lowest BCUT2D eigenvalue weighted by Gasteiger charge is -2.43. The van der Waals surface area contributed by atoms with Crippen molar-refractivity contribution in [2.45, 2.75) is 61.2 Å². The number of amides is 2. The molecule has 3 heterocycles. The quantitative estimate of drug-likeness (QED) is 0.403. The lowest BCUT2D eigenvalue weighted by atomic mass is 9.71. The van der Waals surface area contributed by atoms with Crippen LogP contribution in [-0.2, 0) is 19.1 Å². The molecule has 8 heteroatoms. The largest absolute Gasteiger partial charge is 0.461 e. The summed E-state index contributed by atoms with van der Waals surface area (Å²) in [6, 6.07) is 7.75. The van der Waals surface area contributed by atoms with E-state index in [4.69, 9.17) is 4.74 Å². The number of rotatable bonds is 9. The van der Waals surface area contributed by atoms with Crippen LogP contribution >= 0.6 is 11.8 Å². The van der Waals surface area contributed by atoms with Crippen molar-refractivity contribution in [3.8, 4) is 0 Å². The highest BCUT2D eigenvalue weighted by Crippen LogP contribution is 2.67. The minimum Gasteiger partial charge on any atom is -0.461 e. The minimum absolute atomic E-state index is 0.0765. The van der Waals surface area contributed by atoms with E-state index < -0.39 is 40.2 Å². The van der Waals surface area contributed by atoms with Crippen molar-refractivity contribution in [2.75, 3.05) is 19.8 Å². The van der Waals surface area contributed by atoms with E-state index in [2.05, 4.69) is 13.2 Å². The topological polar surface area (TPSA) is 87.2 Å². The van der Waals surface area contributed by atoms with Crippen molar-refractivity contribution in [1.82, 2.24) is 9.80 Å². The normalized spacial score (nSPS) is 29.6. The van der Waals surface area contributed by atoms with Crippen molar-refractivity contribution in [2.24, 2.45) is 11.8 Å². The highest BCUT2D eigenvalue weighted by atomic mass is 32.2. The standard InChI is InChI=1S/C28H36N2O5S/c1-6-15-29(27(3,4)5)25(33)23-28-14-13-20(36-28)21(26(34)35-16-7-2)22(28)24(32)30(23)19(17-31)18-11-9-8-10-12-18/h6-12,19-23,31H,1-2,13-17H2,3-5H3/t19-,20+,21-,22+,23?,28?/m1/s1. The van der Waals surface area contributed by atoms with Crippen LogP contribution < -0.4 is 0 Å². The molecule has 194 valence electrons. The SMILES string of the molecule is C=CCOC(=O)[C@@H]1[C@@H]2CCC3(S2)C(C(=O)N(CC=C)C(C)(C)C)N([C@H](CO)c2ccccc2)C(=O)[C@H]13. The molecule has 1 spiro atoms. The Balaban J connectivity index is 1.84. The van der Waals surface area contributed by atoms with Gasteiger partial charge in [0, 0.05) is 17.3 Å². The number of hydrogen-bond acceptors (Lipinski definition) is 6. The molecule has 3 aliphatic heterocycles. The van der Waals surface area contributed by atoms with E-state index in [1.54, 1.807) is 27.6 Å². The molecule has 2 unspecified atom stereocenters. The Morgan fingerprint density at radius 3 is 2.56 bits per heavy atom. The van der Waals surface area contributed by atoms with E-state index in [0.29, 0.717) is 13.0 Å². The summed E-state index contributed by atoms with van der Waals surface area (Å²) in [6.45, 7) is 13.4. The van der Waals surface area contributed by atoms with Gasteiger partial charge in [-0.1, -0.05) is 49.1 Å². The molecule has 3 saturated heterocycles. The third-order valence-electron chi connectivity index (χ3n) is 7.67. The van der Waals surface area contributed by atoms with Crippen LogP contribution in [0.3, 0.4) is 0 Å². The number of thioether (sulfide) groups is 1. The van der Waals surface area contributed by atoms with Crippen LogP contribution in [-0.4, -0.2) is 74.0 Å². The third kappa shape index (κ3) is 4.18. The Morgan fingerprint density at radius 2 is 1.97 bits per heavy atom. The Labute approximate surface area is 217 Å². The van der Waals surface area contributed by atoms with Gasteiger partial charge in [-0.15, -0.1) is 18.3 Å². The predicted octanol–water partition coefficient (Wildman–Crippen LogP) is 3.35. The van der Waals surface area contributed by atoms with Gasteiger partial charge in [0.15, 0.2) is 0 Å². The van der Waals surface area contributed by atoms with E-state index in [1.165, 1.54) is 6.08 Å². The van der Waals surface area contributed by atoms with Gasteiger partial charge in [-0.2, -0.15) is 0 Å². The second kappa shape index (κ2) is 10.1. The first-order valence-corrected chi connectivity index (χ1v) is 13.4. The van der Waals surface area contributed by atoms with Crippen LogP contribution in [0.1, 0.15) is 45.2 Å². The zero-order valence-corrected chi connectivity index (χ0v) is 22.1. The molecular formula is C28H36N2O5S. The van der Waals surface area contributed by atoms with Gasteiger partial charge in [-0.3, -0.25) is 14.4 Å². The Hall–Kier alpha value is -2.58. The molecule has 4 rings (SSSR count). The second-order valence-electron chi connectivity index (χ2n) is 10.7. The fourth-order valence-electron chi connectivity index (χ4n) is 6.21. The summed E-state index contributed by atoms with van der Waals surface area (Å²) >= 11 is 1.59. The van der Waals surface area contributed by atoms with Crippen LogP contribution in [0.5, 0.6) is 0 Å². The monoisotopic (exact) mass is 512 g/mol. The van der Waals surface area contributed by atoms with Gasteiger partial charge < -0.3 is 19.6 Å². The molecule has 0 aliphatic carbocycles. The third-order valence-corrected chi connectivity index (χ3v) is 9.62. The number of fused-ring (bicyclic) bond motifs is 1. The van der Waals surface area contributed by atoms with Gasteiger partial charge >= 0.3 is 5.97 Å². The van der Waals surface area contributed by atoms with E-state index in [1.807, 2.05) is 51.1 Å². The number of carbonyl (C=O) groups excluding carboxylic acids is 3. The number of carbonyl (C=O) groups is 3. The molecule has 3 aliphatic rings. The van der Waals surface area contributed by atoms with Gasteiger partial charge in [0.2, 0.25) is 11.8 Å². The first-order chi connectivity index (χ1) is 17.1. The molecule has 7 nitrogen and oxygen atoms in total. The molecule has 0 aromatic heterocycles. The zero-order chi connectivity index (χ0) is 26.3. The number of hydrogen-bond donors (Lipinski definition) is 1. The summed E-state index contributed by atoms with van der Waals surface area (Å²) in [6.07, 6.45) is 4.58. The molecule has 2 amide bonds. The summed E-state index contributed by atoms with van der Waals surface area (Å²) in [5.74, 6) is -2.18. The smallest absolute Gasteiger partial charge is 0.311 e. The number of likely N-dealkylation sites (tertiary alicyclic amines) is 1. The molecule has 2 bridgehead atoms. The summed E-state index contributed by atoms with van der Waals surface area (Å²) < 4.78 is 4.66. The van der Waals surface area contributed by atoms with Crippen molar-refractivity contribution in [3.05, 3.63) is 61.2 Å². The number of aliphatic hydroxyl groups excluding tert-OH is 1. The molecule has 3 fully saturated rings. The van der Waals surface area contributed by atoms with E-state index in [0.717, 1.165) is 12.0 Å². The molecule has 6 atom stereocenters. The van der Waals surface area contributed by atoms with Crippen LogP contribution in [0.15, 0.2) is 55.6 Å². The van der Waals surface area contributed by atoms with Gasteiger partial charge in [0.25, 0.3) is 0 Å². The fraction of sp³-hybridized carbons (Fsp3) is 0.536. The maximum absolute atomic E-state index is 14.4. The molecule has 1 aromatic carbocycles. The summed E-state index contributed by atoms with van der Waals surface area (Å²) in [5.41, 5.74) is 0.235. The molecule has 1 aromatic rings. The lowest BCUT2D eigenvalue weighted by molar-refractivity contribution is -0.153. The molecule has 0 saturated carbocycles. The maximum Gasteiger partial charge on any atom is 0.311 e. The second-order valence-corrected chi connectivity index (χ2v) is 12.3. The summed E-state index contributed by atoms with van der Waals surface area (Å²) in [7, 11) is 0. The summed E-state index contributed by atoms with van der Waals surface area (Å²) in [5, 5.41) is 10.5. The number of aliphatic hydroxyl groups is 1. The number of esters is 1. The summed E-state index contributed by atoms with van der Waals surface area (Å²) in [4.78, 5) is 45.2. The van der Waals surface area contributed by atoms with Crippen LogP contribution in [0.25, 0.3) is 0 Å². The average molecular weight is 513 g/mol. The molecule has 0 radical (unpaired) electrons. The van der Waals surface area contributed by atoms with Gasteiger partial charge in [-0.25, -0.2) is 0 Å². The first-order valence-electron chi connectivity index (χ1n) is 12.5. The predicted molar refractivity (Wildman–Crippen MR) is 140 cm³/mol. The highest BCUT2D eigenvalue weighted by Gasteiger charge is 2.75. The highest BCUT2D eigenvalue weighted by molar-refractivity contribution is 8.02. The fourth-order valence-corrected chi connectivity index (χ4v) is 8.40. The van der Waals surface area contributed by atoms with Gasteiger partial charge in [0.05, 0.1) is 29.2 Å². The van der Waals surface area contributed by atoms with Crippen molar-refractivity contribution in [1.29, 1.82) is 0 Å². The Bertz CT molecular complexity index is 1040. The van der Waals surface area contributed by atoms with Crippen LogP contribution in [0.4, 0.5) is 0 Å². The van der Waals surface area contributed by atoms with Gasteiger partial charge in [0.1, 0.15) is 12.6 Å². The maximum atomic E-state index is 14.4. The lowest BCUT2D eigenvalue weighted by Crippen LogP contribution is -2.59. The zero-order valence-electron chi connectivity index (χ0n) is 21.3. The van der Waals surface area contributed by atoms with Crippen LogP contribution in [0, 0.1) is 11.8 Å². The van der Waals surface area contributed by atoms with Crippen molar-refractivity contribution in [3.63, 3.8) is 0 Å². The van der Waals surface area contributed by atoms with Crippen LogP contribution in [0.2, 0.25) is 0 Å². The Morgan fingerprint density at radius 1 is 1.28 bits per heavy atom. The number of benzene rings is 1. The Kier molecular flexibility index (Phi) is 7.40. The first kappa shape index (κ1) is 26.5. The molecule has 36 heavy (non-hydrogen) atoms. The van der Waals surface area contributed by atoms with Gasteiger partial charge in [-0.05, 0) is 39.2 Å². The minimum atomic E-state index is -0.821. The van der Waals surface area contributed by atoms with E-state index in [-0.39, 0.29) is 30.3 Å². The number of nitrogens with zero attached hydrogens (tertiary/aromatic N) is 2. The van der Waals surface area contributed by atoms with E-state index >= 15 is 0 Å². The average Bonchev–Trinajstić information content (AvgIpc) is 3.49.